The summed E-state index contributed by atoms with van der Waals surface area (Å²) in [5.74, 6) is -1.57. The Morgan fingerprint density at radius 2 is 1.97 bits per heavy atom. The highest BCUT2D eigenvalue weighted by Gasteiger charge is 2.14. The number of carbonyl (C=O) groups is 3. The minimum Gasteiger partial charge on any atom is -0.481 e. The van der Waals surface area contributed by atoms with Crippen LogP contribution < -0.4 is 21.9 Å². The Bertz CT molecular complexity index is 1180. The molecule has 0 saturated carbocycles. The summed E-state index contributed by atoms with van der Waals surface area (Å²) in [5, 5.41) is 14.3. The number of nitrogen functional groups attached to an aromatic ring is 1. The molecule has 0 aliphatic heterocycles. The van der Waals surface area contributed by atoms with Crippen molar-refractivity contribution >= 4 is 41.0 Å². The summed E-state index contributed by atoms with van der Waals surface area (Å²) >= 11 is 0. The van der Waals surface area contributed by atoms with E-state index in [9.17, 15) is 19.2 Å². The van der Waals surface area contributed by atoms with Gasteiger partial charge in [0.2, 0.25) is 5.95 Å². The van der Waals surface area contributed by atoms with Gasteiger partial charge in [-0.2, -0.15) is 4.98 Å². The molecule has 2 aromatic heterocycles. The highest BCUT2D eigenvalue weighted by atomic mass is 16.4. The lowest BCUT2D eigenvalue weighted by Gasteiger charge is -2.12. The van der Waals surface area contributed by atoms with E-state index in [1.807, 2.05) is 0 Å². The number of amides is 1. The lowest BCUT2D eigenvalue weighted by atomic mass is 10.1. The number of aldehydes is 1. The summed E-state index contributed by atoms with van der Waals surface area (Å²) < 4.78 is 0. The first-order valence-corrected chi connectivity index (χ1v) is 9.19. The van der Waals surface area contributed by atoms with Crippen molar-refractivity contribution in [2.75, 3.05) is 11.1 Å². The average Bonchev–Trinajstić information content (AvgIpc) is 2.75. The van der Waals surface area contributed by atoms with E-state index >= 15 is 0 Å². The molecule has 3 rings (SSSR count). The highest BCUT2D eigenvalue weighted by molar-refractivity contribution is 5.96. The maximum Gasteiger partial charge on any atom is 0.303 e. The van der Waals surface area contributed by atoms with Crippen LogP contribution in [0, 0.1) is 0 Å². The molecule has 0 spiro atoms. The van der Waals surface area contributed by atoms with Crippen molar-refractivity contribution < 1.29 is 19.5 Å². The molecule has 31 heavy (non-hydrogen) atoms. The van der Waals surface area contributed by atoms with Gasteiger partial charge in [-0.25, -0.2) is 9.97 Å². The largest absolute Gasteiger partial charge is 0.481 e. The normalized spacial score (nSPS) is 11.6. The smallest absolute Gasteiger partial charge is 0.303 e. The first-order chi connectivity index (χ1) is 14.9. The molecule has 3 aromatic rings. The van der Waals surface area contributed by atoms with Gasteiger partial charge in [-0.1, -0.05) is 0 Å². The quantitative estimate of drug-likeness (QED) is 0.293. The SMILES string of the molecule is Nc1nc2ncc(CNc3ccc(C(=O)NC(C=O)CCC(=O)O)cc3)nc2c(=O)[nH]1. The van der Waals surface area contributed by atoms with Crippen LogP contribution in [0.4, 0.5) is 11.6 Å². The number of hydrogen-bond donors (Lipinski definition) is 5. The fourth-order valence-electron chi connectivity index (χ4n) is 2.69. The van der Waals surface area contributed by atoms with Crippen molar-refractivity contribution in [2.45, 2.75) is 25.4 Å². The molecule has 1 unspecified atom stereocenters. The van der Waals surface area contributed by atoms with Gasteiger partial charge in [0.25, 0.3) is 11.5 Å². The average molecular weight is 425 g/mol. The van der Waals surface area contributed by atoms with E-state index in [-0.39, 0.29) is 36.5 Å². The molecule has 160 valence electrons. The van der Waals surface area contributed by atoms with Crippen molar-refractivity contribution in [1.82, 2.24) is 25.3 Å². The van der Waals surface area contributed by atoms with Crippen molar-refractivity contribution in [3.63, 3.8) is 0 Å². The van der Waals surface area contributed by atoms with Crippen molar-refractivity contribution in [3.8, 4) is 0 Å². The predicted molar refractivity (Wildman–Crippen MR) is 110 cm³/mol. The summed E-state index contributed by atoms with van der Waals surface area (Å²) in [6, 6.07) is 5.55. The number of aromatic nitrogens is 4. The van der Waals surface area contributed by atoms with Gasteiger partial charge in [-0.05, 0) is 30.7 Å². The number of nitrogens with one attached hydrogen (secondary N) is 3. The molecule has 12 heteroatoms. The van der Waals surface area contributed by atoms with E-state index in [1.54, 1.807) is 24.3 Å². The third-order valence-electron chi connectivity index (χ3n) is 4.26. The molecule has 6 N–H and O–H groups in total. The number of H-pyrrole nitrogens is 1. The van der Waals surface area contributed by atoms with Crippen LogP contribution in [0.2, 0.25) is 0 Å². The van der Waals surface area contributed by atoms with E-state index in [0.29, 0.717) is 23.2 Å². The zero-order valence-electron chi connectivity index (χ0n) is 16.2. The van der Waals surface area contributed by atoms with E-state index < -0.39 is 23.5 Å². The number of nitrogens with zero attached hydrogens (tertiary/aromatic N) is 3. The van der Waals surface area contributed by atoms with Gasteiger partial charge in [0.1, 0.15) is 6.29 Å². The monoisotopic (exact) mass is 425 g/mol. The number of carbonyl (C=O) groups excluding carboxylic acids is 2. The summed E-state index contributed by atoms with van der Waals surface area (Å²) in [7, 11) is 0. The number of fused-ring (bicyclic) bond motifs is 1. The third-order valence-corrected chi connectivity index (χ3v) is 4.26. The Balaban J connectivity index is 1.61. The molecule has 0 radical (unpaired) electrons. The molecule has 2 heterocycles. The minimum atomic E-state index is -1.04. The zero-order valence-corrected chi connectivity index (χ0v) is 16.2. The van der Waals surface area contributed by atoms with E-state index in [4.69, 9.17) is 10.8 Å². The maximum atomic E-state index is 12.2. The van der Waals surface area contributed by atoms with Crippen molar-refractivity contribution in [3.05, 3.63) is 52.1 Å². The fourth-order valence-corrected chi connectivity index (χ4v) is 2.69. The second-order valence-corrected chi connectivity index (χ2v) is 6.56. The van der Waals surface area contributed by atoms with Crippen LogP contribution in [0.15, 0.2) is 35.3 Å². The van der Waals surface area contributed by atoms with Gasteiger partial charge < -0.3 is 26.3 Å². The number of benzene rings is 1. The number of rotatable bonds is 9. The number of carboxylic acids is 1. The van der Waals surface area contributed by atoms with E-state index in [0.717, 1.165) is 0 Å². The van der Waals surface area contributed by atoms with Gasteiger partial charge in [0.15, 0.2) is 11.2 Å². The third kappa shape index (κ3) is 5.59. The lowest BCUT2D eigenvalue weighted by molar-refractivity contribution is -0.137. The molecule has 0 aliphatic carbocycles. The van der Waals surface area contributed by atoms with Crippen LogP contribution >= 0.6 is 0 Å². The van der Waals surface area contributed by atoms with Gasteiger partial charge in [0.05, 0.1) is 24.5 Å². The number of hydrogen-bond acceptors (Lipinski definition) is 9. The Morgan fingerprint density at radius 1 is 1.23 bits per heavy atom. The highest BCUT2D eigenvalue weighted by Crippen LogP contribution is 2.12. The van der Waals surface area contributed by atoms with Gasteiger partial charge in [-0.3, -0.25) is 19.4 Å². The molecule has 0 aliphatic rings. The summed E-state index contributed by atoms with van der Waals surface area (Å²) in [4.78, 5) is 60.3. The van der Waals surface area contributed by atoms with Crippen LogP contribution in [-0.2, 0) is 16.1 Å². The van der Waals surface area contributed by atoms with Crippen LogP contribution in [0.3, 0.4) is 0 Å². The Labute approximate surface area is 174 Å². The van der Waals surface area contributed by atoms with Crippen LogP contribution in [-0.4, -0.2) is 49.2 Å². The van der Waals surface area contributed by atoms with Crippen molar-refractivity contribution in [1.29, 1.82) is 0 Å². The van der Waals surface area contributed by atoms with Crippen LogP contribution in [0.5, 0.6) is 0 Å². The topological polar surface area (TPSA) is 193 Å². The molecule has 12 nitrogen and oxygen atoms in total. The zero-order chi connectivity index (χ0) is 22.4. The summed E-state index contributed by atoms with van der Waals surface area (Å²) in [6.07, 6.45) is 1.78. The molecule has 1 atom stereocenters. The number of nitrogens with two attached hydrogens (primary N) is 1. The number of anilines is 2. The number of carboxylic acid groups (broad SMARTS) is 1. The Morgan fingerprint density at radius 3 is 2.65 bits per heavy atom. The van der Waals surface area contributed by atoms with E-state index in [1.165, 1.54) is 6.20 Å². The Kier molecular flexibility index (Phi) is 6.50. The standard InChI is InChI=1S/C19H19N7O5/c20-19-25-16-15(18(31)26-19)23-13(8-22-16)7-21-11-3-1-10(2-4-11)17(30)24-12(9-27)5-6-14(28)29/h1-4,8-9,12,21H,5-7H2,(H,24,30)(H,28,29)(H3,20,22,25,26,31). The first kappa shape index (κ1) is 21.4. The Hall–Kier alpha value is -4.35. The van der Waals surface area contributed by atoms with Gasteiger partial charge in [-0.15, -0.1) is 0 Å². The first-order valence-electron chi connectivity index (χ1n) is 9.19. The lowest BCUT2D eigenvalue weighted by Crippen LogP contribution is -2.36. The summed E-state index contributed by atoms with van der Waals surface area (Å²) in [5.41, 5.74) is 6.71. The minimum absolute atomic E-state index is 0.0158. The second kappa shape index (κ2) is 9.43. The van der Waals surface area contributed by atoms with Crippen molar-refractivity contribution in [2.24, 2.45) is 0 Å². The predicted octanol–water partition coefficient (Wildman–Crippen LogP) is 0.0695. The van der Waals surface area contributed by atoms with Crippen LogP contribution in [0.1, 0.15) is 28.9 Å². The molecular formula is C19H19N7O5. The molecule has 0 bridgehead atoms. The van der Waals surface area contributed by atoms with Gasteiger partial charge >= 0.3 is 5.97 Å². The van der Waals surface area contributed by atoms with E-state index in [2.05, 4.69) is 30.6 Å². The van der Waals surface area contributed by atoms with Gasteiger partial charge in [0, 0.05) is 17.7 Å². The number of aliphatic carboxylic acids is 1. The second-order valence-electron chi connectivity index (χ2n) is 6.56. The van der Waals surface area contributed by atoms with Crippen LogP contribution in [0.25, 0.3) is 11.2 Å². The maximum absolute atomic E-state index is 12.2. The molecular weight excluding hydrogens is 406 g/mol. The molecule has 0 fully saturated rings. The molecule has 0 saturated heterocycles. The molecule has 1 aromatic carbocycles. The summed E-state index contributed by atoms with van der Waals surface area (Å²) in [6.45, 7) is 0.265. The number of aromatic amines is 1. The molecule has 1 amide bonds. The fraction of sp³-hybridized carbons (Fsp3) is 0.211.